The van der Waals surface area contributed by atoms with E-state index in [0.29, 0.717) is 6.42 Å². The highest BCUT2D eigenvalue weighted by Gasteiger charge is 2.27. The van der Waals surface area contributed by atoms with Gasteiger partial charge < -0.3 is 10.4 Å². The number of hydrogen-bond acceptors (Lipinski definition) is 3. The minimum Gasteiger partial charge on any atom is -0.477 e. The monoisotopic (exact) mass is 272 g/mol. The number of rotatable bonds is 4. The SMILES string of the molecule is CC[C@]1(NC(=O)c2cccc(C(=O)O)n2)C=CC=CC1. The number of carboxylic acid groups (broad SMARTS) is 1. The van der Waals surface area contributed by atoms with Gasteiger partial charge in [-0.05, 0) is 25.0 Å². The number of hydrogen-bond donors (Lipinski definition) is 2. The molecule has 1 atom stereocenters. The first-order chi connectivity index (χ1) is 9.56. The van der Waals surface area contributed by atoms with E-state index in [1.807, 2.05) is 31.2 Å². The van der Waals surface area contributed by atoms with E-state index in [-0.39, 0.29) is 17.3 Å². The van der Waals surface area contributed by atoms with Crippen LogP contribution in [0.15, 0.2) is 42.5 Å². The Morgan fingerprint density at radius 1 is 1.35 bits per heavy atom. The Balaban J connectivity index is 2.19. The van der Waals surface area contributed by atoms with Crippen molar-refractivity contribution < 1.29 is 14.7 Å². The van der Waals surface area contributed by atoms with Crippen LogP contribution in [-0.4, -0.2) is 27.5 Å². The lowest BCUT2D eigenvalue weighted by molar-refractivity contribution is 0.0690. The van der Waals surface area contributed by atoms with Crippen LogP contribution in [0.4, 0.5) is 0 Å². The highest BCUT2D eigenvalue weighted by Crippen LogP contribution is 2.22. The van der Waals surface area contributed by atoms with Crippen LogP contribution in [0.1, 0.15) is 40.7 Å². The van der Waals surface area contributed by atoms with E-state index in [1.165, 1.54) is 18.2 Å². The highest BCUT2D eigenvalue weighted by atomic mass is 16.4. The maximum atomic E-state index is 12.2. The molecule has 1 amide bonds. The van der Waals surface area contributed by atoms with Crippen LogP contribution in [0.2, 0.25) is 0 Å². The van der Waals surface area contributed by atoms with E-state index >= 15 is 0 Å². The number of aromatic carboxylic acids is 1. The topological polar surface area (TPSA) is 79.3 Å². The number of carbonyl (C=O) groups is 2. The van der Waals surface area contributed by atoms with Crippen LogP contribution < -0.4 is 5.32 Å². The minimum absolute atomic E-state index is 0.112. The molecule has 1 heterocycles. The van der Waals surface area contributed by atoms with Crippen LogP contribution >= 0.6 is 0 Å². The second kappa shape index (κ2) is 5.69. The van der Waals surface area contributed by atoms with Crippen molar-refractivity contribution in [3.8, 4) is 0 Å². The van der Waals surface area contributed by atoms with Gasteiger partial charge in [-0.3, -0.25) is 4.79 Å². The molecule has 104 valence electrons. The summed E-state index contributed by atoms with van der Waals surface area (Å²) in [5.41, 5.74) is -0.449. The van der Waals surface area contributed by atoms with E-state index in [0.717, 1.165) is 6.42 Å². The molecule has 1 aliphatic carbocycles. The van der Waals surface area contributed by atoms with Gasteiger partial charge >= 0.3 is 5.97 Å². The van der Waals surface area contributed by atoms with Crippen molar-refractivity contribution in [2.75, 3.05) is 0 Å². The largest absolute Gasteiger partial charge is 0.477 e. The molecule has 0 radical (unpaired) electrons. The molecule has 2 rings (SSSR count). The summed E-state index contributed by atoms with van der Waals surface area (Å²) in [4.78, 5) is 26.9. The van der Waals surface area contributed by atoms with Crippen molar-refractivity contribution in [2.24, 2.45) is 0 Å². The van der Waals surface area contributed by atoms with Crippen molar-refractivity contribution in [2.45, 2.75) is 25.3 Å². The van der Waals surface area contributed by atoms with Crippen LogP contribution in [0, 0.1) is 0 Å². The van der Waals surface area contributed by atoms with Crippen LogP contribution in [0.5, 0.6) is 0 Å². The number of carbonyl (C=O) groups excluding carboxylic acids is 1. The van der Waals surface area contributed by atoms with Crippen molar-refractivity contribution in [3.05, 3.63) is 53.9 Å². The van der Waals surface area contributed by atoms with Crippen molar-refractivity contribution in [3.63, 3.8) is 0 Å². The third kappa shape index (κ3) is 2.93. The molecule has 2 N–H and O–H groups in total. The fraction of sp³-hybridized carbons (Fsp3) is 0.267. The van der Waals surface area contributed by atoms with Gasteiger partial charge in [0.25, 0.3) is 5.91 Å². The maximum absolute atomic E-state index is 12.2. The van der Waals surface area contributed by atoms with Crippen molar-refractivity contribution >= 4 is 11.9 Å². The van der Waals surface area contributed by atoms with E-state index in [1.54, 1.807) is 0 Å². The smallest absolute Gasteiger partial charge is 0.354 e. The summed E-state index contributed by atoms with van der Waals surface area (Å²) in [6, 6.07) is 4.38. The first-order valence-corrected chi connectivity index (χ1v) is 6.43. The van der Waals surface area contributed by atoms with Gasteiger partial charge in [-0.15, -0.1) is 0 Å². The zero-order valence-electron chi connectivity index (χ0n) is 11.2. The molecule has 1 aromatic rings. The number of allylic oxidation sites excluding steroid dienone is 2. The van der Waals surface area contributed by atoms with Gasteiger partial charge in [0.1, 0.15) is 11.4 Å². The quantitative estimate of drug-likeness (QED) is 0.880. The zero-order valence-corrected chi connectivity index (χ0v) is 11.2. The molecule has 0 unspecified atom stereocenters. The lowest BCUT2D eigenvalue weighted by Gasteiger charge is -2.31. The number of nitrogens with one attached hydrogen (secondary N) is 1. The number of amides is 1. The Morgan fingerprint density at radius 2 is 2.10 bits per heavy atom. The molecule has 0 aliphatic heterocycles. The van der Waals surface area contributed by atoms with Crippen LogP contribution in [0.25, 0.3) is 0 Å². The van der Waals surface area contributed by atoms with Crippen LogP contribution in [0.3, 0.4) is 0 Å². The average Bonchev–Trinajstić information content (AvgIpc) is 2.48. The molecule has 5 nitrogen and oxygen atoms in total. The summed E-state index contributed by atoms with van der Waals surface area (Å²) in [7, 11) is 0. The number of aromatic nitrogens is 1. The first-order valence-electron chi connectivity index (χ1n) is 6.43. The predicted octanol–water partition coefficient (Wildman–Crippen LogP) is 2.17. The lowest BCUT2D eigenvalue weighted by Crippen LogP contribution is -2.47. The molecule has 0 fully saturated rings. The zero-order chi connectivity index (χ0) is 14.6. The third-order valence-corrected chi connectivity index (χ3v) is 3.34. The molecule has 0 bridgehead atoms. The van der Waals surface area contributed by atoms with E-state index in [2.05, 4.69) is 10.3 Å². The standard InChI is InChI=1S/C15H16N2O3/c1-2-15(9-4-3-5-10-15)17-13(18)11-7-6-8-12(16-11)14(19)20/h3-9H,2,10H2,1H3,(H,17,18)(H,19,20)/t15-/m0/s1. The Morgan fingerprint density at radius 3 is 2.70 bits per heavy atom. The van der Waals surface area contributed by atoms with Crippen molar-refractivity contribution in [1.82, 2.24) is 10.3 Å². The summed E-state index contributed by atoms with van der Waals surface area (Å²) in [6.45, 7) is 1.99. The van der Waals surface area contributed by atoms with Gasteiger partial charge in [0, 0.05) is 0 Å². The van der Waals surface area contributed by atoms with Gasteiger partial charge in [-0.1, -0.05) is 37.3 Å². The fourth-order valence-electron chi connectivity index (χ4n) is 2.08. The molecular formula is C15H16N2O3. The summed E-state index contributed by atoms with van der Waals surface area (Å²) >= 11 is 0. The number of pyridine rings is 1. The predicted molar refractivity (Wildman–Crippen MR) is 74.6 cm³/mol. The van der Waals surface area contributed by atoms with Gasteiger partial charge in [0.15, 0.2) is 0 Å². The summed E-state index contributed by atoms with van der Waals surface area (Å²) in [5.74, 6) is -1.51. The third-order valence-electron chi connectivity index (χ3n) is 3.34. The Kier molecular flexibility index (Phi) is 3.98. The molecule has 20 heavy (non-hydrogen) atoms. The number of carboxylic acids is 1. The molecule has 0 saturated heterocycles. The normalized spacial score (nSPS) is 20.6. The molecule has 1 aliphatic rings. The average molecular weight is 272 g/mol. The summed E-state index contributed by atoms with van der Waals surface area (Å²) in [6.07, 6.45) is 9.23. The maximum Gasteiger partial charge on any atom is 0.354 e. The second-order valence-corrected chi connectivity index (χ2v) is 4.67. The van der Waals surface area contributed by atoms with Gasteiger partial charge in [-0.2, -0.15) is 0 Å². The first kappa shape index (κ1) is 14.0. The van der Waals surface area contributed by atoms with Gasteiger partial charge in [-0.25, -0.2) is 9.78 Å². The van der Waals surface area contributed by atoms with E-state index < -0.39 is 11.5 Å². The fourth-order valence-corrected chi connectivity index (χ4v) is 2.08. The van der Waals surface area contributed by atoms with Gasteiger partial charge in [0.2, 0.25) is 0 Å². The lowest BCUT2D eigenvalue weighted by atomic mass is 9.88. The van der Waals surface area contributed by atoms with Crippen LogP contribution in [-0.2, 0) is 0 Å². The second-order valence-electron chi connectivity index (χ2n) is 4.67. The molecular weight excluding hydrogens is 256 g/mol. The molecule has 1 aromatic heterocycles. The molecule has 0 spiro atoms. The molecule has 0 saturated carbocycles. The Bertz CT molecular complexity index is 593. The van der Waals surface area contributed by atoms with E-state index in [9.17, 15) is 9.59 Å². The Labute approximate surface area is 117 Å². The molecule has 0 aromatic carbocycles. The molecule has 5 heteroatoms. The summed E-state index contributed by atoms with van der Waals surface area (Å²) in [5, 5.41) is 11.8. The van der Waals surface area contributed by atoms with Crippen molar-refractivity contribution in [1.29, 1.82) is 0 Å². The summed E-state index contributed by atoms with van der Waals surface area (Å²) < 4.78 is 0. The Hall–Kier alpha value is -2.43. The number of nitrogens with zero attached hydrogens (tertiary/aromatic N) is 1. The van der Waals surface area contributed by atoms with E-state index in [4.69, 9.17) is 5.11 Å². The minimum atomic E-state index is -1.15. The van der Waals surface area contributed by atoms with Gasteiger partial charge in [0.05, 0.1) is 5.54 Å². The highest BCUT2D eigenvalue weighted by molar-refractivity contribution is 5.94.